The molecular formula is C13H23ClN4O. The summed E-state index contributed by atoms with van der Waals surface area (Å²) in [7, 11) is 1.94. The minimum absolute atomic E-state index is 0.224. The van der Waals surface area contributed by atoms with E-state index in [0.29, 0.717) is 5.92 Å². The molecule has 0 saturated carbocycles. The zero-order valence-electron chi connectivity index (χ0n) is 11.7. The van der Waals surface area contributed by atoms with E-state index in [2.05, 4.69) is 17.4 Å². The molecule has 2 rings (SSSR count). The maximum atomic E-state index is 6.39. The molecule has 1 unspecified atom stereocenters. The lowest BCUT2D eigenvalue weighted by Gasteiger charge is -2.29. The molecule has 1 aliphatic heterocycles. The Morgan fingerprint density at radius 3 is 2.74 bits per heavy atom. The third-order valence-corrected chi connectivity index (χ3v) is 4.40. The summed E-state index contributed by atoms with van der Waals surface area (Å²) in [6.07, 6.45) is 3.75. The van der Waals surface area contributed by atoms with E-state index in [0.717, 1.165) is 55.3 Å². The van der Waals surface area contributed by atoms with E-state index in [4.69, 9.17) is 22.2 Å². The van der Waals surface area contributed by atoms with Gasteiger partial charge in [0.15, 0.2) is 0 Å². The van der Waals surface area contributed by atoms with Gasteiger partial charge in [-0.05, 0) is 25.2 Å². The lowest BCUT2D eigenvalue weighted by Crippen LogP contribution is -2.44. The van der Waals surface area contributed by atoms with Gasteiger partial charge >= 0.3 is 0 Å². The van der Waals surface area contributed by atoms with Crippen molar-refractivity contribution >= 4 is 11.6 Å². The topological polar surface area (TPSA) is 65.1 Å². The Hall–Kier alpha value is -0.620. The lowest BCUT2D eigenvalue weighted by atomic mass is 9.89. The number of hydrazine groups is 1. The molecule has 1 atom stereocenters. The largest absolute Gasteiger partial charge is 0.381 e. The second kappa shape index (κ2) is 6.70. The van der Waals surface area contributed by atoms with Crippen LogP contribution in [0.3, 0.4) is 0 Å². The minimum Gasteiger partial charge on any atom is -0.381 e. The quantitative estimate of drug-likeness (QED) is 0.635. The van der Waals surface area contributed by atoms with E-state index in [9.17, 15) is 0 Å². The lowest BCUT2D eigenvalue weighted by molar-refractivity contribution is 0.0535. The molecule has 0 radical (unpaired) electrons. The second-order valence-electron chi connectivity index (χ2n) is 5.11. The number of hydrogen-bond acceptors (Lipinski definition) is 4. The van der Waals surface area contributed by atoms with Gasteiger partial charge in [0, 0.05) is 32.7 Å². The van der Waals surface area contributed by atoms with Gasteiger partial charge in [0.1, 0.15) is 0 Å². The summed E-state index contributed by atoms with van der Waals surface area (Å²) in [6.45, 7) is 3.71. The standard InChI is InChI=1S/C13H23ClN4O/c1-3-10-13(14)12(18(2)17-10)8-11(16-15)9-4-6-19-7-5-9/h9,11,16H,3-8,15H2,1-2H3. The average Bonchev–Trinajstić information content (AvgIpc) is 2.72. The van der Waals surface area contributed by atoms with Gasteiger partial charge in [0.2, 0.25) is 0 Å². The third-order valence-electron chi connectivity index (χ3n) is 3.97. The van der Waals surface area contributed by atoms with Crippen molar-refractivity contribution in [1.29, 1.82) is 0 Å². The Bertz CT molecular complexity index is 415. The first-order valence-corrected chi connectivity index (χ1v) is 7.29. The van der Waals surface area contributed by atoms with E-state index in [-0.39, 0.29) is 6.04 Å². The Labute approximate surface area is 119 Å². The van der Waals surface area contributed by atoms with Crippen molar-refractivity contribution < 1.29 is 4.74 Å². The van der Waals surface area contributed by atoms with Gasteiger partial charge in [-0.3, -0.25) is 16.0 Å². The molecule has 1 aromatic heterocycles. The van der Waals surface area contributed by atoms with Gasteiger partial charge in [-0.25, -0.2) is 0 Å². The predicted octanol–water partition coefficient (Wildman–Crippen LogP) is 1.44. The van der Waals surface area contributed by atoms with Crippen molar-refractivity contribution in [3.63, 3.8) is 0 Å². The van der Waals surface area contributed by atoms with Crippen LogP contribution in [0.5, 0.6) is 0 Å². The summed E-state index contributed by atoms with van der Waals surface area (Å²) in [5.41, 5.74) is 4.97. The molecular weight excluding hydrogens is 264 g/mol. The van der Waals surface area contributed by atoms with Crippen LogP contribution in [0.2, 0.25) is 5.02 Å². The molecule has 2 heterocycles. The van der Waals surface area contributed by atoms with Gasteiger partial charge in [-0.1, -0.05) is 18.5 Å². The molecule has 1 fully saturated rings. The molecule has 6 heteroatoms. The van der Waals surface area contributed by atoms with Crippen LogP contribution in [0.15, 0.2) is 0 Å². The zero-order valence-corrected chi connectivity index (χ0v) is 12.4. The predicted molar refractivity (Wildman–Crippen MR) is 76.0 cm³/mol. The van der Waals surface area contributed by atoms with Gasteiger partial charge in [0.25, 0.3) is 0 Å². The number of ether oxygens (including phenoxy) is 1. The summed E-state index contributed by atoms with van der Waals surface area (Å²) in [5.74, 6) is 6.26. The first-order valence-electron chi connectivity index (χ1n) is 6.91. The highest BCUT2D eigenvalue weighted by molar-refractivity contribution is 6.31. The number of halogens is 1. The van der Waals surface area contributed by atoms with Gasteiger partial charge in [-0.15, -0.1) is 0 Å². The van der Waals surface area contributed by atoms with Crippen molar-refractivity contribution in [2.75, 3.05) is 13.2 Å². The van der Waals surface area contributed by atoms with Crippen molar-refractivity contribution in [2.45, 2.75) is 38.6 Å². The van der Waals surface area contributed by atoms with Crippen molar-refractivity contribution in [3.05, 3.63) is 16.4 Å². The summed E-state index contributed by atoms with van der Waals surface area (Å²) in [4.78, 5) is 0. The van der Waals surface area contributed by atoms with Crippen LogP contribution < -0.4 is 11.3 Å². The number of hydrogen-bond donors (Lipinski definition) is 2. The average molecular weight is 287 g/mol. The molecule has 108 valence electrons. The van der Waals surface area contributed by atoms with Crippen LogP contribution in [0.4, 0.5) is 0 Å². The van der Waals surface area contributed by atoms with Gasteiger partial charge in [-0.2, -0.15) is 5.10 Å². The van der Waals surface area contributed by atoms with Crippen LogP contribution in [0.1, 0.15) is 31.2 Å². The highest BCUT2D eigenvalue weighted by Crippen LogP contribution is 2.26. The van der Waals surface area contributed by atoms with Crippen LogP contribution in [-0.4, -0.2) is 29.0 Å². The minimum atomic E-state index is 0.224. The van der Waals surface area contributed by atoms with Crippen molar-refractivity contribution in [2.24, 2.45) is 18.8 Å². The molecule has 19 heavy (non-hydrogen) atoms. The van der Waals surface area contributed by atoms with Crippen molar-refractivity contribution in [1.82, 2.24) is 15.2 Å². The Kier molecular flexibility index (Phi) is 5.21. The summed E-state index contributed by atoms with van der Waals surface area (Å²) >= 11 is 6.39. The highest BCUT2D eigenvalue weighted by atomic mass is 35.5. The molecule has 0 aliphatic carbocycles. The maximum Gasteiger partial charge on any atom is 0.0850 e. The molecule has 3 N–H and O–H groups in total. The van der Waals surface area contributed by atoms with Gasteiger partial charge < -0.3 is 4.74 Å². The molecule has 0 aromatic carbocycles. The van der Waals surface area contributed by atoms with E-state index in [1.165, 1.54) is 0 Å². The number of aromatic nitrogens is 2. The molecule has 5 nitrogen and oxygen atoms in total. The number of nitrogens with zero attached hydrogens (tertiary/aromatic N) is 2. The molecule has 1 aliphatic rings. The number of nitrogens with two attached hydrogens (primary N) is 1. The fourth-order valence-electron chi connectivity index (χ4n) is 2.73. The SMILES string of the molecule is CCc1nn(C)c(CC(NN)C2CCOCC2)c1Cl. The normalized spacial score (nSPS) is 18.7. The Balaban J connectivity index is 2.11. The Morgan fingerprint density at radius 1 is 1.53 bits per heavy atom. The van der Waals surface area contributed by atoms with Crippen molar-refractivity contribution in [3.8, 4) is 0 Å². The number of nitrogens with one attached hydrogen (secondary N) is 1. The second-order valence-corrected chi connectivity index (χ2v) is 5.49. The zero-order chi connectivity index (χ0) is 13.8. The van der Waals surface area contributed by atoms with Crippen LogP contribution in [0, 0.1) is 5.92 Å². The number of rotatable bonds is 5. The first kappa shape index (κ1) is 14.8. The molecule has 1 saturated heterocycles. The smallest absolute Gasteiger partial charge is 0.0850 e. The fourth-order valence-corrected chi connectivity index (χ4v) is 3.10. The van der Waals surface area contributed by atoms with Crippen LogP contribution >= 0.6 is 11.6 Å². The molecule has 0 amide bonds. The van der Waals surface area contributed by atoms with E-state index in [1.807, 2.05) is 11.7 Å². The van der Waals surface area contributed by atoms with Gasteiger partial charge in [0.05, 0.1) is 16.4 Å². The summed E-state index contributed by atoms with van der Waals surface area (Å²) in [6, 6.07) is 0.224. The van der Waals surface area contributed by atoms with E-state index < -0.39 is 0 Å². The maximum absolute atomic E-state index is 6.39. The third kappa shape index (κ3) is 3.28. The first-order chi connectivity index (χ1) is 9.17. The monoisotopic (exact) mass is 286 g/mol. The highest BCUT2D eigenvalue weighted by Gasteiger charge is 2.26. The van der Waals surface area contributed by atoms with E-state index in [1.54, 1.807) is 0 Å². The summed E-state index contributed by atoms with van der Waals surface area (Å²) in [5, 5.41) is 5.24. The van der Waals surface area contributed by atoms with E-state index >= 15 is 0 Å². The molecule has 0 spiro atoms. The van der Waals surface area contributed by atoms with Crippen LogP contribution in [0.25, 0.3) is 0 Å². The number of aryl methyl sites for hydroxylation is 2. The molecule has 0 bridgehead atoms. The summed E-state index contributed by atoms with van der Waals surface area (Å²) < 4.78 is 7.28. The van der Waals surface area contributed by atoms with Crippen LogP contribution in [-0.2, 0) is 24.6 Å². The molecule has 1 aromatic rings. The fraction of sp³-hybridized carbons (Fsp3) is 0.769. The Morgan fingerprint density at radius 2 is 2.21 bits per heavy atom.